The molecule has 0 spiro atoms. The van der Waals surface area contributed by atoms with E-state index in [2.05, 4.69) is 16.0 Å². The van der Waals surface area contributed by atoms with E-state index in [1.807, 2.05) is 48.5 Å². The fourth-order valence-corrected chi connectivity index (χ4v) is 3.90. The van der Waals surface area contributed by atoms with E-state index >= 15 is 0 Å². The topological polar surface area (TPSA) is 79.9 Å². The molecule has 0 atom stereocenters. The van der Waals surface area contributed by atoms with Gasteiger partial charge in [0.15, 0.2) is 0 Å². The average Bonchev–Trinajstić information content (AvgIpc) is 2.99. The van der Waals surface area contributed by atoms with Gasteiger partial charge in [-0.3, -0.25) is 4.79 Å². The molecule has 0 saturated heterocycles. The van der Waals surface area contributed by atoms with Gasteiger partial charge in [0.2, 0.25) is 0 Å². The summed E-state index contributed by atoms with van der Waals surface area (Å²) in [4.78, 5) is 18.0. The largest absolute Gasteiger partial charge is 0.493 e. The smallest absolute Gasteiger partial charge is 0.276 e. The van der Waals surface area contributed by atoms with Gasteiger partial charge in [-0.05, 0) is 37.8 Å². The predicted octanol–water partition coefficient (Wildman–Crippen LogP) is 5.21. The summed E-state index contributed by atoms with van der Waals surface area (Å²) in [5, 5.41) is 11.6. The molecule has 0 aliphatic carbocycles. The SMILES string of the molecule is N#CCCCOc1cccc(NC(=O)c2nc(-c3ccccc3)n3c2CCCCC3)c1. The van der Waals surface area contributed by atoms with Crippen molar-refractivity contribution in [3.05, 3.63) is 66.0 Å². The molecule has 6 heteroatoms. The van der Waals surface area contributed by atoms with Gasteiger partial charge in [0.05, 0.1) is 18.4 Å². The van der Waals surface area contributed by atoms with Crippen molar-refractivity contribution in [2.24, 2.45) is 0 Å². The summed E-state index contributed by atoms with van der Waals surface area (Å²) in [7, 11) is 0. The highest BCUT2D eigenvalue weighted by molar-refractivity contribution is 6.04. The maximum atomic E-state index is 13.2. The van der Waals surface area contributed by atoms with Crippen LogP contribution in [0.2, 0.25) is 0 Å². The van der Waals surface area contributed by atoms with Crippen LogP contribution in [0.5, 0.6) is 5.75 Å². The Hall–Kier alpha value is -3.59. The van der Waals surface area contributed by atoms with Crippen molar-refractivity contribution in [2.75, 3.05) is 11.9 Å². The first-order chi connectivity index (χ1) is 15.3. The molecule has 31 heavy (non-hydrogen) atoms. The minimum absolute atomic E-state index is 0.200. The lowest BCUT2D eigenvalue weighted by atomic mass is 10.1. The molecule has 0 radical (unpaired) electrons. The number of amides is 1. The Morgan fingerprint density at radius 3 is 2.84 bits per heavy atom. The number of nitrogens with one attached hydrogen (secondary N) is 1. The maximum absolute atomic E-state index is 13.2. The molecule has 0 unspecified atom stereocenters. The van der Waals surface area contributed by atoms with Gasteiger partial charge in [0, 0.05) is 30.3 Å². The molecular formula is C25H26N4O2. The number of imidazole rings is 1. The van der Waals surface area contributed by atoms with Crippen molar-refractivity contribution >= 4 is 11.6 Å². The first kappa shape index (κ1) is 20.7. The van der Waals surface area contributed by atoms with Gasteiger partial charge in [-0.2, -0.15) is 5.26 Å². The molecule has 0 bridgehead atoms. The molecule has 3 aromatic rings. The van der Waals surface area contributed by atoms with Gasteiger partial charge >= 0.3 is 0 Å². The van der Waals surface area contributed by atoms with Gasteiger partial charge in [-0.25, -0.2) is 4.98 Å². The molecule has 2 heterocycles. The van der Waals surface area contributed by atoms with Crippen LogP contribution in [0.4, 0.5) is 5.69 Å². The number of nitrogens with zero attached hydrogens (tertiary/aromatic N) is 3. The lowest BCUT2D eigenvalue weighted by Crippen LogP contribution is -2.15. The molecule has 1 N–H and O–H groups in total. The van der Waals surface area contributed by atoms with Crippen LogP contribution in [0.25, 0.3) is 11.4 Å². The van der Waals surface area contributed by atoms with Crippen molar-refractivity contribution in [2.45, 2.75) is 45.1 Å². The Bertz CT molecular complexity index is 1080. The monoisotopic (exact) mass is 414 g/mol. The molecule has 2 aromatic carbocycles. The number of rotatable bonds is 7. The minimum Gasteiger partial charge on any atom is -0.493 e. The molecule has 1 aliphatic rings. The van der Waals surface area contributed by atoms with Crippen LogP contribution in [-0.2, 0) is 13.0 Å². The van der Waals surface area contributed by atoms with Gasteiger partial charge in [-0.15, -0.1) is 0 Å². The van der Waals surface area contributed by atoms with Gasteiger partial charge < -0.3 is 14.6 Å². The second kappa shape index (κ2) is 9.94. The number of anilines is 1. The molecule has 4 rings (SSSR count). The molecule has 0 saturated carbocycles. The van der Waals surface area contributed by atoms with Crippen molar-refractivity contribution in [3.63, 3.8) is 0 Å². The van der Waals surface area contributed by atoms with E-state index < -0.39 is 0 Å². The normalized spacial score (nSPS) is 13.0. The lowest BCUT2D eigenvalue weighted by Gasteiger charge is -2.10. The number of carbonyl (C=O) groups excluding carboxylic acids is 1. The molecular weight excluding hydrogens is 388 g/mol. The number of unbranched alkanes of at least 4 members (excludes halogenated alkanes) is 1. The zero-order chi connectivity index (χ0) is 21.5. The Balaban J connectivity index is 1.56. The van der Waals surface area contributed by atoms with E-state index in [9.17, 15) is 4.79 Å². The summed E-state index contributed by atoms with van der Waals surface area (Å²) < 4.78 is 7.90. The van der Waals surface area contributed by atoms with Crippen LogP contribution >= 0.6 is 0 Å². The molecule has 1 amide bonds. The Kier molecular flexibility index (Phi) is 6.63. The van der Waals surface area contributed by atoms with Crippen LogP contribution < -0.4 is 10.1 Å². The van der Waals surface area contributed by atoms with Crippen molar-refractivity contribution in [3.8, 4) is 23.2 Å². The van der Waals surface area contributed by atoms with E-state index in [-0.39, 0.29) is 5.91 Å². The van der Waals surface area contributed by atoms with Crippen LogP contribution in [-0.4, -0.2) is 22.1 Å². The highest BCUT2D eigenvalue weighted by atomic mass is 16.5. The fraction of sp³-hybridized carbons (Fsp3) is 0.320. The second-order valence-corrected chi connectivity index (χ2v) is 7.65. The lowest BCUT2D eigenvalue weighted by molar-refractivity contribution is 0.102. The van der Waals surface area contributed by atoms with E-state index in [0.717, 1.165) is 49.3 Å². The summed E-state index contributed by atoms with van der Waals surface area (Å²) >= 11 is 0. The van der Waals surface area contributed by atoms with E-state index in [0.29, 0.717) is 36.6 Å². The molecule has 0 fully saturated rings. The van der Waals surface area contributed by atoms with E-state index in [1.54, 1.807) is 6.07 Å². The molecule has 158 valence electrons. The third kappa shape index (κ3) is 4.95. The predicted molar refractivity (Wildman–Crippen MR) is 120 cm³/mol. The summed E-state index contributed by atoms with van der Waals surface area (Å²) in [6.07, 6.45) is 5.30. The number of hydrogen-bond acceptors (Lipinski definition) is 4. The summed E-state index contributed by atoms with van der Waals surface area (Å²) in [6.45, 7) is 1.35. The Morgan fingerprint density at radius 2 is 2.00 bits per heavy atom. The Labute approximate surface area is 182 Å². The molecule has 1 aromatic heterocycles. The fourth-order valence-electron chi connectivity index (χ4n) is 3.90. The summed E-state index contributed by atoms with van der Waals surface area (Å²) in [6, 6.07) is 19.5. The first-order valence-electron chi connectivity index (χ1n) is 10.8. The van der Waals surface area contributed by atoms with Gasteiger partial charge in [0.25, 0.3) is 5.91 Å². The van der Waals surface area contributed by atoms with E-state index in [1.165, 1.54) is 0 Å². The summed E-state index contributed by atoms with van der Waals surface area (Å²) in [5.74, 6) is 1.33. The van der Waals surface area contributed by atoms with Crippen LogP contribution in [0.15, 0.2) is 54.6 Å². The number of nitriles is 1. The third-order valence-corrected chi connectivity index (χ3v) is 5.41. The number of aromatic nitrogens is 2. The maximum Gasteiger partial charge on any atom is 0.276 e. The molecule has 1 aliphatic heterocycles. The number of ether oxygens (including phenoxy) is 1. The molecule has 6 nitrogen and oxygen atoms in total. The number of hydrogen-bond donors (Lipinski definition) is 1. The zero-order valence-corrected chi connectivity index (χ0v) is 17.5. The van der Waals surface area contributed by atoms with Crippen molar-refractivity contribution < 1.29 is 9.53 Å². The standard InChI is InChI=1S/C25H26N4O2/c26-15-6-8-17-31-21-13-9-12-20(18-21)27-25(30)23-22-14-5-2-7-16-29(22)24(28-23)19-10-3-1-4-11-19/h1,3-4,9-13,18H,2,5-8,14,16-17H2,(H,27,30). The van der Waals surface area contributed by atoms with Crippen LogP contribution in [0, 0.1) is 11.3 Å². The van der Waals surface area contributed by atoms with Gasteiger partial charge in [-0.1, -0.05) is 42.8 Å². The number of carbonyl (C=O) groups is 1. The minimum atomic E-state index is -0.200. The van der Waals surface area contributed by atoms with Crippen LogP contribution in [0.3, 0.4) is 0 Å². The third-order valence-electron chi connectivity index (χ3n) is 5.41. The van der Waals surface area contributed by atoms with Gasteiger partial charge in [0.1, 0.15) is 17.3 Å². The highest BCUT2D eigenvalue weighted by Gasteiger charge is 2.24. The van der Waals surface area contributed by atoms with Crippen molar-refractivity contribution in [1.82, 2.24) is 9.55 Å². The number of benzene rings is 2. The second-order valence-electron chi connectivity index (χ2n) is 7.65. The number of fused-ring (bicyclic) bond motifs is 1. The summed E-state index contributed by atoms with van der Waals surface area (Å²) in [5.41, 5.74) is 3.20. The van der Waals surface area contributed by atoms with Crippen molar-refractivity contribution in [1.29, 1.82) is 5.26 Å². The quantitative estimate of drug-likeness (QED) is 0.538. The van der Waals surface area contributed by atoms with E-state index in [4.69, 9.17) is 15.0 Å². The average molecular weight is 415 g/mol. The van der Waals surface area contributed by atoms with Crippen LogP contribution in [0.1, 0.15) is 48.3 Å². The zero-order valence-electron chi connectivity index (χ0n) is 17.5. The highest BCUT2D eigenvalue weighted by Crippen LogP contribution is 2.28. The Morgan fingerprint density at radius 1 is 1.13 bits per heavy atom. The first-order valence-corrected chi connectivity index (χ1v) is 10.8.